The van der Waals surface area contributed by atoms with Crippen molar-refractivity contribution in [3.8, 4) is 0 Å². The van der Waals surface area contributed by atoms with Crippen LogP contribution in [-0.4, -0.2) is 34.1 Å². The zero-order valence-corrected chi connectivity index (χ0v) is 16.2. The van der Waals surface area contributed by atoms with Crippen molar-refractivity contribution in [3.05, 3.63) is 64.8 Å². The summed E-state index contributed by atoms with van der Waals surface area (Å²) in [6.45, 7) is 5.89. The zero-order valence-electron chi connectivity index (χ0n) is 16.2. The van der Waals surface area contributed by atoms with E-state index >= 15 is 0 Å². The van der Waals surface area contributed by atoms with Crippen LogP contribution >= 0.6 is 0 Å². The Balaban J connectivity index is 1.45. The number of aromatic nitrogens is 2. The van der Waals surface area contributed by atoms with E-state index in [1.165, 1.54) is 17.5 Å². The number of piperidine rings is 1. The second-order valence-corrected chi connectivity index (χ2v) is 7.85. The second kappa shape index (κ2) is 7.55. The molecule has 1 fully saturated rings. The van der Waals surface area contributed by atoms with Crippen LogP contribution in [0.4, 0.5) is 0 Å². The molecule has 2 aromatic carbocycles. The Bertz CT molecular complexity index is 959. The summed E-state index contributed by atoms with van der Waals surface area (Å²) >= 11 is 0. The largest absolute Gasteiger partial charge is 0.337 e. The van der Waals surface area contributed by atoms with E-state index in [4.69, 9.17) is 0 Å². The molecule has 0 unspecified atom stereocenters. The van der Waals surface area contributed by atoms with E-state index in [9.17, 15) is 4.79 Å². The average Bonchev–Trinajstić information content (AvgIpc) is 3.10. The van der Waals surface area contributed by atoms with E-state index in [1.807, 2.05) is 30.0 Å². The lowest BCUT2D eigenvalue weighted by atomic mass is 9.90. The lowest BCUT2D eigenvalue weighted by Gasteiger charge is -2.32. The van der Waals surface area contributed by atoms with Gasteiger partial charge in [-0.15, -0.1) is 0 Å². The van der Waals surface area contributed by atoms with Crippen molar-refractivity contribution in [2.45, 2.75) is 39.5 Å². The van der Waals surface area contributed by atoms with Crippen LogP contribution in [0.5, 0.6) is 0 Å². The Morgan fingerprint density at radius 2 is 2.07 bits per heavy atom. The topological polar surface area (TPSA) is 49.0 Å². The number of aromatic amines is 1. The van der Waals surface area contributed by atoms with Crippen LogP contribution in [0.15, 0.2) is 42.5 Å². The van der Waals surface area contributed by atoms with E-state index in [1.54, 1.807) is 0 Å². The Labute approximate surface area is 160 Å². The first-order chi connectivity index (χ1) is 13.1. The molecule has 4 nitrogen and oxygen atoms in total. The molecular weight excluding hydrogens is 334 g/mol. The number of hydrogen-bond donors (Lipinski definition) is 1. The first-order valence-corrected chi connectivity index (χ1v) is 9.90. The highest BCUT2D eigenvalue weighted by atomic mass is 16.2. The first-order valence-electron chi connectivity index (χ1n) is 9.90. The quantitative estimate of drug-likeness (QED) is 0.734. The maximum atomic E-state index is 13.1. The number of rotatable bonds is 4. The van der Waals surface area contributed by atoms with Gasteiger partial charge in [0.05, 0.1) is 5.52 Å². The summed E-state index contributed by atoms with van der Waals surface area (Å²) in [5.41, 5.74) is 5.42. The maximum absolute atomic E-state index is 13.1. The van der Waals surface area contributed by atoms with Gasteiger partial charge >= 0.3 is 0 Å². The fraction of sp³-hybridized carbons (Fsp3) is 0.391. The van der Waals surface area contributed by atoms with Crippen molar-refractivity contribution in [2.75, 3.05) is 13.1 Å². The minimum absolute atomic E-state index is 0.0624. The Kier molecular flexibility index (Phi) is 4.97. The summed E-state index contributed by atoms with van der Waals surface area (Å²) in [6, 6.07) is 14.7. The molecular formula is C23H27N3O. The monoisotopic (exact) mass is 361 g/mol. The van der Waals surface area contributed by atoms with E-state index in [-0.39, 0.29) is 5.91 Å². The number of H-pyrrole nitrogens is 1. The number of carbonyl (C=O) groups excluding carboxylic acids is 1. The highest BCUT2D eigenvalue weighted by molar-refractivity contribution is 6.04. The fourth-order valence-electron chi connectivity index (χ4n) is 4.18. The number of amides is 1. The summed E-state index contributed by atoms with van der Waals surface area (Å²) in [5, 5.41) is 8.26. The van der Waals surface area contributed by atoms with Crippen LogP contribution in [0.1, 0.15) is 46.4 Å². The Morgan fingerprint density at radius 1 is 1.22 bits per heavy atom. The molecule has 0 aliphatic carbocycles. The molecule has 0 bridgehead atoms. The van der Waals surface area contributed by atoms with Gasteiger partial charge in [-0.3, -0.25) is 9.89 Å². The summed E-state index contributed by atoms with van der Waals surface area (Å²) in [6.07, 6.45) is 4.50. The molecule has 1 aliphatic rings. The molecule has 0 spiro atoms. The molecule has 27 heavy (non-hydrogen) atoms. The van der Waals surface area contributed by atoms with Crippen molar-refractivity contribution < 1.29 is 4.79 Å². The van der Waals surface area contributed by atoms with Gasteiger partial charge in [-0.25, -0.2) is 0 Å². The van der Waals surface area contributed by atoms with Gasteiger partial charge in [-0.1, -0.05) is 35.9 Å². The Hall–Kier alpha value is -2.62. The highest BCUT2D eigenvalue weighted by Crippen LogP contribution is 2.25. The number of carbonyl (C=O) groups is 1. The zero-order chi connectivity index (χ0) is 18.8. The minimum atomic E-state index is 0.0624. The molecule has 140 valence electrons. The first kappa shape index (κ1) is 17.8. The van der Waals surface area contributed by atoms with Crippen molar-refractivity contribution in [1.29, 1.82) is 0 Å². The molecule has 0 radical (unpaired) electrons. The van der Waals surface area contributed by atoms with Gasteiger partial charge < -0.3 is 4.90 Å². The van der Waals surface area contributed by atoms with Gasteiger partial charge in [0.2, 0.25) is 0 Å². The average molecular weight is 361 g/mol. The number of aryl methyl sites for hydroxylation is 3. The third-order valence-electron chi connectivity index (χ3n) is 5.81. The third kappa shape index (κ3) is 3.75. The molecule has 1 N–H and O–H groups in total. The summed E-state index contributed by atoms with van der Waals surface area (Å²) in [7, 11) is 0. The van der Waals surface area contributed by atoms with Crippen molar-refractivity contribution in [2.24, 2.45) is 5.92 Å². The molecule has 0 saturated carbocycles. The number of nitrogens with one attached hydrogen (secondary N) is 1. The summed E-state index contributed by atoms with van der Waals surface area (Å²) in [5.74, 6) is 0.627. The summed E-state index contributed by atoms with van der Waals surface area (Å²) < 4.78 is 0. The van der Waals surface area contributed by atoms with E-state index in [0.717, 1.165) is 48.8 Å². The van der Waals surface area contributed by atoms with Gasteiger partial charge in [-0.2, -0.15) is 5.10 Å². The summed E-state index contributed by atoms with van der Waals surface area (Å²) in [4.78, 5) is 15.1. The number of hydrogen-bond acceptors (Lipinski definition) is 2. The lowest BCUT2D eigenvalue weighted by Crippen LogP contribution is -2.40. The SMILES string of the molecule is Cc1ccc2[nH]nc(C(=O)N3CCC[C@H](CCc4ccccc4C)C3)c2c1. The number of likely N-dealkylation sites (tertiary alicyclic amines) is 1. The second-order valence-electron chi connectivity index (χ2n) is 7.85. The third-order valence-corrected chi connectivity index (χ3v) is 5.81. The van der Waals surface area contributed by atoms with Gasteiger partial charge in [0.15, 0.2) is 5.69 Å². The number of benzene rings is 2. The molecule has 4 rings (SSSR count). The Morgan fingerprint density at radius 3 is 2.93 bits per heavy atom. The minimum Gasteiger partial charge on any atom is -0.337 e. The molecule has 2 heterocycles. The maximum Gasteiger partial charge on any atom is 0.275 e. The van der Waals surface area contributed by atoms with Crippen LogP contribution in [0.3, 0.4) is 0 Å². The van der Waals surface area contributed by atoms with Crippen LogP contribution in [0.2, 0.25) is 0 Å². The molecule has 1 saturated heterocycles. The predicted molar refractivity (Wildman–Crippen MR) is 109 cm³/mol. The molecule has 1 amide bonds. The molecule has 1 aromatic heterocycles. The standard InChI is InChI=1S/C23H27N3O/c1-16-9-12-21-20(14-16)22(25-24-21)23(27)26-13-5-7-18(15-26)10-11-19-8-4-3-6-17(19)2/h3-4,6,8-9,12,14,18H,5,7,10-11,13,15H2,1-2H3,(H,24,25)/t18-/m1/s1. The van der Waals surface area contributed by atoms with Crippen LogP contribution in [0.25, 0.3) is 10.9 Å². The van der Waals surface area contributed by atoms with Gasteiger partial charge in [0, 0.05) is 18.5 Å². The van der Waals surface area contributed by atoms with E-state index < -0.39 is 0 Å². The fourth-order valence-corrected chi connectivity index (χ4v) is 4.18. The van der Waals surface area contributed by atoms with Crippen molar-refractivity contribution >= 4 is 16.8 Å². The number of fused-ring (bicyclic) bond motifs is 1. The highest BCUT2D eigenvalue weighted by Gasteiger charge is 2.27. The predicted octanol–water partition coefficient (Wildman–Crippen LogP) is 4.66. The van der Waals surface area contributed by atoms with Crippen LogP contribution in [-0.2, 0) is 6.42 Å². The molecule has 1 atom stereocenters. The number of nitrogens with zero attached hydrogens (tertiary/aromatic N) is 2. The van der Waals surface area contributed by atoms with Crippen LogP contribution < -0.4 is 0 Å². The van der Waals surface area contributed by atoms with E-state index in [2.05, 4.69) is 41.4 Å². The van der Waals surface area contributed by atoms with E-state index in [0.29, 0.717) is 11.6 Å². The van der Waals surface area contributed by atoms with Crippen LogP contribution in [0, 0.1) is 19.8 Å². The lowest BCUT2D eigenvalue weighted by molar-refractivity contribution is 0.0664. The molecule has 3 aromatic rings. The molecule has 1 aliphatic heterocycles. The normalized spacial score (nSPS) is 17.4. The van der Waals surface area contributed by atoms with Gasteiger partial charge in [0.25, 0.3) is 5.91 Å². The van der Waals surface area contributed by atoms with Gasteiger partial charge in [0.1, 0.15) is 0 Å². The van der Waals surface area contributed by atoms with Crippen molar-refractivity contribution in [3.63, 3.8) is 0 Å². The van der Waals surface area contributed by atoms with Gasteiger partial charge in [-0.05, 0) is 68.7 Å². The van der Waals surface area contributed by atoms with Crippen molar-refractivity contribution in [1.82, 2.24) is 15.1 Å². The smallest absolute Gasteiger partial charge is 0.275 e. The molecule has 4 heteroatoms.